The van der Waals surface area contributed by atoms with Crippen molar-refractivity contribution in [3.63, 3.8) is 0 Å². The number of carbonyl (C=O) groups is 4. The van der Waals surface area contributed by atoms with Gasteiger partial charge in [0.2, 0.25) is 0 Å². The highest BCUT2D eigenvalue weighted by Crippen LogP contribution is 2.45. The van der Waals surface area contributed by atoms with E-state index in [4.69, 9.17) is 37.0 Å². The van der Waals surface area contributed by atoms with E-state index in [9.17, 15) is 43.2 Å². The van der Waals surface area contributed by atoms with Crippen molar-refractivity contribution in [2.24, 2.45) is 0 Å². The van der Waals surface area contributed by atoms with Crippen LogP contribution in [0.25, 0.3) is 0 Å². The number of esters is 4. The summed E-state index contributed by atoms with van der Waals surface area (Å²) < 4.78 is 68.6. The van der Waals surface area contributed by atoms with Crippen molar-refractivity contribution < 1.29 is 80.2 Å². The minimum atomic E-state index is -5.00. The van der Waals surface area contributed by atoms with Crippen LogP contribution in [0.1, 0.15) is 310 Å². The molecule has 0 aromatic heterocycles. The predicted octanol–water partition coefficient (Wildman–Crippen LogP) is 24.0. The van der Waals surface area contributed by atoms with Gasteiger partial charge in [-0.05, 0) is 154 Å². The highest BCUT2D eigenvalue weighted by atomic mass is 31.2. The molecule has 0 aliphatic rings. The normalized spacial score (nSPS) is 14.7. The molecule has 604 valence electrons. The Morgan fingerprint density at radius 2 is 0.509 bits per heavy atom. The van der Waals surface area contributed by atoms with Crippen LogP contribution in [0.4, 0.5) is 0 Å². The van der Waals surface area contributed by atoms with Crippen LogP contribution in [0.2, 0.25) is 0 Å². The van der Waals surface area contributed by atoms with Gasteiger partial charge >= 0.3 is 39.5 Å². The van der Waals surface area contributed by atoms with Gasteiger partial charge in [0, 0.05) is 25.7 Å². The van der Waals surface area contributed by atoms with Crippen LogP contribution in [0.3, 0.4) is 0 Å². The number of aliphatic hydroxyl groups is 1. The maximum absolute atomic E-state index is 13.1. The largest absolute Gasteiger partial charge is 0.472 e. The SMILES string of the molecule is CC/C=C\C/C=C\C/C=C\C/C=C\C/C=C\C/C=C\CCC(=O)OCC(COP(=O)(O)OCC(O)COP(=O)(O)OCC(COC(=O)CCCCCCCCC/C=C\C/C=C\C/C=C\CC)OC(=O)CCCCCCC/C=C\CCCCCC)OC(=O)CCCCCCCCC/C=C\C/C=C\C/C=C\CC. The third kappa shape index (κ3) is 76.9. The molecule has 106 heavy (non-hydrogen) atoms. The van der Waals surface area contributed by atoms with Crippen molar-refractivity contribution in [2.45, 2.75) is 329 Å². The minimum Gasteiger partial charge on any atom is -0.462 e. The topological polar surface area (TPSA) is 237 Å². The van der Waals surface area contributed by atoms with Gasteiger partial charge in [0.15, 0.2) is 12.2 Å². The summed E-state index contributed by atoms with van der Waals surface area (Å²) in [5, 5.41) is 10.7. The molecule has 5 atom stereocenters. The zero-order valence-electron chi connectivity index (χ0n) is 66.1. The summed E-state index contributed by atoms with van der Waals surface area (Å²) in [6.45, 7) is 4.42. The Balaban J connectivity index is 5.45. The Morgan fingerprint density at radius 1 is 0.274 bits per heavy atom. The van der Waals surface area contributed by atoms with Crippen molar-refractivity contribution in [2.75, 3.05) is 39.6 Å². The summed E-state index contributed by atoms with van der Waals surface area (Å²) in [4.78, 5) is 73.1. The fourth-order valence-electron chi connectivity index (χ4n) is 10.4. The lowest BCUT2D eigenvalue weighted by Gasteiger charge is -2.21. The lowest BCUT2D eigenvalue weighted by Crippen LogP contribution is -2.30. The van der Waals surface area contributed by atoms with Crippen molar-refractivity contribution in [3.05, 3.63) is 158 Å². The summed E-state index contributed by atoms with van der Waals surface area (Å²) in [7, 11) is -10.00. The molecule has 0 rings (SSSR count). The summed E-state index contributed by atoms with van der Waals surface area (Å²) in [5.74, 6) is -2.31. The Labute approximate surface area is 642 Å². The predicted molar refractivity (Wildman–Crippen MR) is 436 cm³/mol. The molecule has 0 amide bonds. The Bertz CT molecular complexity index is 2630. The average Bonchev–Trinajstić information content (AvgIpc) is 0.907. The molecule has 5 unspecified atom stereocenters. The zero-order valence-corrected chi connectivity index (χ0v) is 67.8. The number of hydrogen-bond acceptors (Lipinski definition) is 15. The highest BCUT2D eigenvalue weighted by Gasteiger charge is 2.30. The molecule has 0 heterocycles. The first kappa shape index (κ1) is 101. The second-order valence-electron chi connectivity index (χ2n) is 26.6. The molecule has 17 nitrogen and oxygen atoms in total. The molecule has 0 fully saturated rings. The number of phosphoric ester groups is 2. The number of carbonyl (C=O) groups excluding carboxylic acids is 4. The van der Waals surface area contributed by atoms with E-state index in [2.05, 4.69) is 167 Å². The van der Waals surface area contributed by atoms with Crippen LogP contribution in [-0.4, -0.2) is 96.7 Å². The first-order valence-corrected chi connectivity index (χ1v) is 43.7. The molecule has 0 saturated heterocycles. The zero-order chi connectivity index (χ0) is 77.4. The van der Waals surface area contributed by atoms with Gasteiger partial charge in [-0.1, -0.05) is 288 Å². The Kier molecular flexibility index (Phi) is 73.9. The number of phosphoric acid groups is 2. The van der Waals surface area contributed by atoms with Gasteiger partial charge in [-0.25, -0.2) is 9.13 Å². The Hall–Kier alpha value is -5.32. The van der Waals surface area contributed by atoms with Crippen LogP contribution in [0.15, 0.2) is 158 Å². The van der Waals surface area contributed by atoms with E-state index < -0.39 is 97.5 Å². The highest BCUT2D eigenvalue weighted by molar-refractivity contribution is 7.47. The number of allylic oxidation sites excluding steroid dienone is 26. The molecule has 0 spiro atoms. The van der Waals surface area contributed by atoms with E-state index in [1.54, 1.807) is 0 Å². The second kappa shape index (κ2) is 77.8. The molecule has 0 aliphatic heterocycles. The van der Waals surface area contributed by atoms with Crippen LogP contribution in [0.5, 0.6) is 0 Å². The van der Waals surface area contributed by atoms with Gasteiger partial charge in [-0.3, -0.25) is 37.3 Å². The molecule has 0 aromatic rings. The van der Waals surface area contributed by atoms with E-state index in [1.165, 1.54) is 25.7 Å². The van der Waals surface area contributed by atoms with Crippen LogP contribution >= 0.6 is 15.6 Å². The quantitative estimate of drug-likeness (QED) is 0.0169. The van der Waals surface area contributed by atoms with E-state index >= 15 is 0 Å². The summed E-state index contributed by atoms with van der Waals surface area (Å²) >= 11 is 0. The molecule has 0 bridgehead atoms. The molecule has 0 aliphatic carbocycles. The average molecular weight is 1520 g/mol. The van der Waals surface area contributed by atoms with Gasteiger partial charge in [-0.2, -0.15) is 0 Å². The second-order valence-corrected chi connectivity index (χ2v) is 29.5. The van der Waals surface area contributed by atoms with Crippen molar-refractivity contribution in [3.8, 4) is 0 Å². The van der Waals surface area contributed by atoms with Crippen molar-refractivity contribution >= 4 is 39.5 Å². The van der Waals surface area contributed by atoms with E-state index in [0.717, 1.165) is 199 Å². The molecule has 0 aromatic carbocycles. The lowest BCUT2D eigenvalue weighted by atomic mass is 10.1. The smallest absolute Gasteiger partial charge is 0.462 e. The van der Waals surface area contributed by atoms with Crippen LogP contribution in [0, 0.1) is 0 Å². The van der Waals surface area contributed by atoms with Crippen LogP contribution in [-0.2, 0) is 65.4 Å². The molecule has 19 heteroatoms. The fourth-order valence-corrected chi connectivity index (χ4v) is 12.0. The van der Waals surface area contributed by atoms with Gasteiger partial charge in [0.05, 0.1) is 26.4 Å². The van der Waals surface area contributed by atoms with E-state index in [1.807, 2.05) is 18.2 Å². The molecule has 0 radical (unpaired) electrons. The van der Waals surface area contributed by atoms with Crippen molar-refractivity contribution in [1.82, 2.24) is 0 Å². The summed E-state index contributed by atoms with van der Waals surface area (Å²) in [5.41, 5.74) is 0. The minimum absolute atomic E-state index is 0.0292. The number of unbranched alkanes of at least 4 members (excludes halogenated alkanes) is 23. The van der Waals surface area contributed by atoms with E-state index in [0.29, 0.717) is 32.1 Å². The molecular weight excluding hydrogens is 1380 g/mol. The van der Waals surface area contributed by atoms with Crippen molar-refractivity contribution in [1.29, 1.82) is 0 Å². The van der Waals surface area contributed by atoms with Gasteiger partial charge in [0.25, 0.3) is 0 Å². The first-order chi connectivity index (χ1) is 51.7. The third-order valence-corrected chi connectivity index (χ3v) is 18.4. The number of aliphatic hydroxyl groups excluding tert-OH is 1. The number of rotatable bonds is 75. The Morgan fingerprint density at radius 3 is 0.821 bits per heavy atom. The van der Waals surface area contributed by atoms with Gasteiger partial charge < -0.3 is 33.8 Å². The molecule has 0 saturated carbocycles. The maximum Gasteiger partial charge on any atom is 0.472 e. The first-order valence-electron chi connectivity index (χ1n) is 40.7. The lowest BCUT2D eigenvalue weighted by molar-refractivity contribution is -0.161. The number of ether oxygens (including phenoxy) is 4. The van der Waals surface area contributed by atoms with E-state index in [-0.39, 0.29) is 25.7 Å². The monoisotopic (exact) mass is 1520 g/mol. The molecular formula is C87H144O17P2. The summed E-state index contributed by atoms with van der Waals surface area (Å²) in [6, 6.07) is 0. The maximum atomic E-state index is 13.1. The fraction of sp³-hybridized carbons (Fsp3) is 0.655. The third-order valence-electron chi connectivity index (χ3n) is 16.5. The van der Waals surface area contributed by atoms with Gasteiger partial charge in [-0.15, -0.1) is 0 Å². The number of hydrogen-bond donors (Lipinski definition) is 3. The standard InChI is InChI=1S/C87H144O17P2/c1-5-9-13-17-21-25-29-33-36-39-40-43-45-49-52-56-60-64-68-72-85(90)98-78-83(104-87(92)74-70-66-62-58-54-50-46-42-38-35-31-27-23-19-15-11-7-3)80-102-106(95,96)100-76-81(88)75-99-105(93,94)101-79-82(103-86(91)73-69-65-61-57-53-47-32-28-24-20-16-12-8-4)77-97-84(89)71-67-63-59-55-51-48-44-41-37-34-30-26-22-18-14-10-6-2/h9-11,13-15,21-23,25-28,32-38,40,43,49,52,60,64,81-83,88H,5-8,12,16-20,24,29-31,39,41-42,44-48,50-51,53-59,61-63,65-80H2,1-4H3,(H,93,94)(H,95,96)/b13-9-,14-10-,15-11-,25-21-,26-22-,27-23-,32-28-,36-33-,37-34-,38-35-,43-40-,52-49-,64-60-. The van der Waals surface area contributed by atoms with Crippen LogP contribution < -0.4 is 0 Å². The summed E-state index contributed by atoms with van der Waals surface area (Å²) in [6.07, 6.45) is 90.9. The molecule has 3 N–H and O–H groups in total. The van der Waals surface area contributed by atoms with Gasteiger partial charge in [0.1, 0.15) is 19.3 Å².